The quantitative estimate of drug-likeness (QED) is 0.176. The number of rotatable bonds is 17. The molecule has 0 N–H and O–H groups in total. The predicted octanol–water partition coefficient (Wildman–Crippen LogP) is 6.13. The lowest BCUT2D eigenvalue weighted by Gasteiger charge is -2.14. The van der Waals surface area contributed by atoms with Gasteiger partial charge in [-0.25, -0.2) is 0 Å². The van der Waals surface area contributed by atoms with Gasteiger partial charge in [0.15, 0.2) is 0 Å². The second-order valence-electron chi connectivity index (χ2n) is 6.87. The Morgan fingerprint density at radius 3 is 2.12 bits per heavy atom. The van der Waals surface area contributed by atoms with Gasteiger partial charge in [-0.2, -0.15) is 0 Å². The number of carbonyl (C=O) groups is 2. The molecule has 0 aromatic rings. The Kier molecular flexibility index (Phi) is 17.5. The molecular formula is C22H40O4. The van der Waals surface area contributed by atoms with Crippen molar-refractivity contribution in [3.63, 3.8) is 0 Å². The Balaban J connectivity index is 3.57. The average molecular weight is 369 g/mol. The Bertz CT molecular complexity index is 376. The van der Waals surface area contributed by atoms with E-state index in [0.717, 1.165) is 25.7 Å². The molecular weight excluding hydrogens is 328 g/mol. The van der Waals surface area contributed by atoms with Crippen LogP contribution >= 0.6 is 0 Å². The Labute approximate surface area is 160 Å². The van der Waals surface area contributed by atoms with Gasteiger partial charge in [0.25, 0.3) is 0 Å². The lowest BCUT2D eigenvalue weighted by atomic mass is 10.1. The highest BCUT2D eigenvalue weighted by Crippen LogP contribution is 2.09. The highest BCUT2D eigenvalue weighted by atomic mass is 16.5. The fourth-order valence-electron chi connectivity index (χ4n) is 2.74. The van der Waals surface area contributed by atoms with Crippen molar-refractivity contribution in [2.75, 3.05) is 6.61 Å². The maximum Gasteiger partial charge on any atom is 0.306 e. The molecule has 0 saturated carbocycles. The molecule has 0 spiro atoms. The fourth-order valence-corrected chi connectivity index (χ4v) is 2.74. The lowest BCUT2D eigenvalue weighted by molar-refractivity contribution is -0.153. The molecule has 0 saturated heterocycles. The van der Waals surface area contributed by atoms with Gasteiger partial charge in [-0.1, -0.05) is 77.9 Å². The first kappa shape index (κ1) is 24.7. The highest BCUT2D eigenvalue weighted by molar-refractivity contribution is 5.77. The normalized spacial score (nSPS) is 12.3. The van der Waals surface area contributed by atoms with Gasteiger partial charge in [0.2, 0.25) is 0 Å². The zero-order chi connectivity index (χ0) is 19.5. The summed E-state index contributed by atoms with van der Waals surface area (Å²) in [5, 5.41) is 0. The minimum Gasteiger partial charge on any atom is -0.462 e. The monoisotopic (exact) mass is 368 g/mol. The Morgan fingerprint density at radius 1 is 0.808 bits per heavy atom. The van der Waals surface area contributed by atoms with E-state index in [4.69, 9.17) is 9.47 Å². The van der Waals surface area contributed by atoms with E-state index in [1.807, 2.05) is 13.0 Å². The largest absolute Gasteiger partial charge is 0.462 e. The molecule has 0 aliphatic rings. The predicted molar refractivity (Wildman–Crippen MR) is 107 cm³/mol. The van der Waals surface area contributed by atoms with Gasteiger partial charge >= 0.3 is 11.9 Å². The number of hydrogen-bond acceptors (Lipinski definition) is 4. The first-order valence-electron chi connectivity index (χ1n) is 10.6. The van der Waals surface area contributed by atoms with Crippen molar-refractivity contribution in [1.29, 1.82) is 0 Å². The average Bonchev–Trinajstić information content (AvgIpc) is 2.64. The Morgan fingerprint density at radius 2 is 1.46 bits per heavy atom. The molecule has 0 rings (SSSR count). The molecule has 4 nitrogen and oxygen atoms in total. The minimum absolute atomic E-state index is 0.0295. The van der Waals surface area contributed by atoms with Crippen molar-refractivity contribution in [3.8, 4) is 0 Å². The van der Waals surface area contributed by atoms with Crippen LogP contribution in [0.3, 0.4) is 0 Å². The fraction of sp³-hybridized carbons (Fsp3) is 0.818. The van der Waals surface area contributed by atoms with Gasteiger partial charge in [0.05, 0.1) is 12.8 Å². The van der Waals surface area contributed by atoms with E-state index >= 15 is 0 Å². The number of hydrogen-bond donors (Lipinski definition) is 0. The molecule has 152 valence electrons. The molecule has 0 aromatic heterocycles. The number of ether oxygens (including phenoxy) is 2. The molecule has 0 fully saturated rings. The van der Waals surface area contributed by atoms with Gasteiger partial charge in [0.1, 0.15) is 12.7 Å². The van der Waals surface area contributed by atoms with E-state index in [0.29, 0.717) is 0 Å². The maximum atomic E-state index is 11.7. The molecule has 0 radical (unpaired) electrons. The first-order chi connectivity index (χ1) is 12.6. The number of carbonyl (C=O) groups excluding carboxylic acids is 2. The molecule has 0 aromatic carbocycles. The van der Waals surface area contributed by atoms with Crippen LogP contribution in [0.4, 0.5) is 0 Å². The third-order valence-corrected chi connectivity index (χ3v) is 4.38. The summed E-state index contributed by atoms with van der Waals surface area (Å²) in [6.45, 7) is 6.59. The van der Waals surface area contributed by atoms with Crippen LogP contribution in [0.1, 0.15) is 104 Å². The molecule has 0 aliphatic carbocycles. The van der Waals surface area contributed by atoms with E-state index < -0.39 is 0 Å². The zero-order valence-corrected chi connectivity index (χ0v) is 17.3. The third kappa shape index (κ3) is 16.2. The molecule has 4 heteroatoms. The van der Waals surface area contributed by atoms with Crippen LogP contribution < -0.4 is 0 Å². The van der Waals surface area contributed by atoms with Crippen molar-refractivity contribution in [2.45, 2.75) is 110 Å². The van der Waals surface area contributed by atoms with Gasteiger partial charge in [-0.15, -0.1) is 0 Å². The second kappa shape index (κ2) is 18.5. The van der Waals surface area contributed by atoms with E-state index in [1.165, 1.54) is 44.9 Å². The number of esters is 2. The van der Waals surface area contributed by atoms with Crippen LogP contribution in [-0.2, 0) is 19.1 Å². The molecule has 0 bridgehead atoms. The smallest absolute Gasteiger partial charge is 0.306 e. The van der Waals surface area contributed by atoms with Crippen molar-refractivity contribution in [3.05, 3.63) is 12.2 Å². The second-order valence-corrected chi connectivity index (χ2v) is 6.87. The van der Waals surface area contributed by atoms with Crippen LogP contribution in [0.15, 0.2) is 12.2 Å². The Hall–Kier alpha value is -1.32. The summed E-state index contributed by atoms with van der Waals surface area (Å²) in [4.78, 5) is 23.3. The third-order valence-electron chi connectivity index (χ3n) is 4.38. The van der Waals surface area contributed by atoms with E-state index in [1.54, 1.807) is 0 Å². The van der Waals surface area contributed by atoms with Crippen molar-refractivity contribution >= 4 is 11.9 Å². The highest BCUT2D eigenvalue weighted by Gasteiger charge is 2.13. The van der Waals surface area contributed by atoms with Crippen molar-refractivity contribution < 1.29 is 19.1 Å². The molecule has 1 unspecified atom stereocenters. The van der Waals surface area contributed by atoms with Gasteiger partial charge < -0.3 is 9.47 Å². The molecule has 0 aliphatic heterocycles. The van der Waals surface area contributed by atoms with E-state index in [2.05, 4.69) is 19.9 Å². The lowest BCUT2D eigenvalue weighted by Crippen LogP contribution is -2.18. The summed E-state index contributed by atoms with van der Waals surface area (Å²) in [5.41, 5.74) is 0. The SMILES string of the molecule is CCCCCCCCC/C=C/COC(=O)CCC(=O)OC(CC)CCC. The zero-order valence-electron chi connectivity index (χ0n) is 17.3. The van der Waals surface area contributed by atoms with Crippen LogP contribution in [-0.4, -0.2) is 24.6 Å². The van der Waals surface area contributed by atoms with Crippen LogP contribution in [0, 0.1) is 0 Å². The van der Waals surface area contributed by atoms with Crippen LogP contribution in [0.2, 0.25) is 0 Å². The summed E-state index contributed by atoms with van der Waals surface area (Å²) >= 11 is 0. The van der Waals surface area contributed by atoms with Crippen molar-refractivity contribution in [2.24, 2.45) is 0 Å². The summed E-state index contributed by atoms with van der Waals surface area (Å²) in [6, 6.07) is 0. The van der Waals surface area contributed by atoms with E-state index in [9.17, 15) is 9.59 Å². The standard InChI is InChI=1S/C22H40O4/c1-4-7-8-9-10-11-12-13-14-15-19-25-21(23)17-18-22(24)26-20(6-3)16-5-2/h14-15,20H,4-13,16-19H2,1-3H3/b15-14+. The summed E-state index contributed by atoms with van der Waals surface area (Å²) < 4.78 is 10.5. The topological polar surface area (TPSA) is 52.6 Å². The van der Waals surface area contributed by atoms with Crippen molar-refractivity contribution in [1.82, 2.24) is 0 Å². The minimum atomic E-state index is -0.342. The number of unbranched alkanes of at least 4 members (excludes halogenated alkanes) is 7. The summed E-state index contributed by atoms with van der Waals surface area (Å²) in [6.07, 6.45) is 16.9. The van der Waals surface area contributed by atoms with E-state index in [-0.39, 0.29) is 37.5 Å². The molecule has 0 heterocycles. The maximum absolute atomic E-state index is 11.7. The summed E-state index contributed by atoms with van der Waals surface area (Å²) in [5.74, 6) is -0.650. The molecule has 26 heavy (non-hydrogen) atoms. The van der Waals surface area contributed by atoms with Crippen LogP contribution in [0.25, 0.3) is 0 Å². The first-order valence-corrected chi connectivity index (χ1v) is 10.6. The van der Waals surface area contributed by atoms with Crippen LogP contribution in [0.5, 0.6) is 0 Å². The van der Waals surface area contributed by atoms with Gasteiger partial charge in [-0.3, -0.25) is 9.59 Å². The molecule has 1 atom stereocenters. The number of allylic oxidation sites excluding steroid dienone is 1. The van der Waals surface area contributed by atoms with Gasteiger partial charge in [-0.05, 0) is 25.7 Å². The molecule has 0 amide bonds. The van der Waals surface area contributed by atoms with Gasteiger partial charge in [0, 0.05) is 0 Å². The summed E-state index contributed by atoms with van der Waals surface area (Å²) in [7, 11) is 0.